The van der Waals surface area contributed by atoms with Crippen molar-refractivity contribution in [1.82, 2.24) is 15.1 Å². The fraction of sp³-hybridized carbons (Fsp3) is 0.867. The van der Waals surface area contributed by atoms with Gasteiger partial charge in [0.05, 0.1) is 13.1 Å². The Labute approximate surface area is 128 Å². The van der Waals surface area contributed by atoms with Crippen LogP contribution in [0, 0.1) is 5.92 Å². The fourth-order valence-corrected chi connectivity index (χ4v) is 1.93. The molecule has 0 aromatic rings. The highest BCUT2D eigenvalue weighted by atomic mass is 16.4. The van der Waals surface area contributed by atoms with Gasteiger partial charge in [-0.25, -0.2) is 0 Å². The number of carbonyl (C=O) groups is 2. The van der Waals surface area contributed by atoms with Crippen LogP contribution in [-0.4, -0.2) is 73.1 Å². The summed E-state index contributed by atoms with van der Waals surface area (Å²) >= 11 is 0. The van der Waals surface area contributed by atoms with Gasteiger partial charge < -0.3 is 15.3 Å². The molecule has 1 unspecified atom stereocenters. The summed E-state index contributed by atoms with van der Waals surface area (Å²) in [6, 6.07) is 0.125. The number of nitrogens with one attached hydrogen (secondary N) is 1. The van der Waals surface area contributed by atoms with Crippen LogP contribution in [0.3, 0.4) is 0 Å². The van der Waals surface area contributed by atoms with Crippen LogP contribution in [0.25, 0.3) is 0 Å². The largest absolute Gasteiger partial charge is 0.480 e. The molecule has 21 heavy (non-hydrogen) atoms. The van der Waals surface area contributed by atoms with Crippen LogP contribution in [0.15, 0.2) is 0 Å². The monoisotopic (exact) mass is 301 g/mol. The number of aliphatic carboxylic acids is 1. The SMILES string of the molecule is CC(C)CCC(C)NC(=O)CN(CCN(C)C)CC(=O)O. The van der Waals surface area contributed by atoms with E-state index in [1.807, 2.05) is 25.9 Å². The van der Waals surface area contributed by atoms with Gasteiger partial charge in [0, 0.05) is 19.1 Å². The van der Waals surface area contributed by atoms with Crippen LogP contribution < -0.4 is 5.32 Å². The van der Waals surface area contributed by atoms with Crippen LogP contribution in [0.4, 0.5) is 0 Å². The number of carbonyl (C=O) groups excluding carboxylic acids is 1. The van der Waals surface area contributed by atoms with Gasteiger partial charge in [-0.2, -0.15) is 0 Å². The molecule has 0 aromatic carbocycles. The smallest absolute Gasteiger partial charge is 0.317 e. The quantitative estimate of drug-likeness (QED) is 0.592. The molecular weight excluding hydrogens is 270 g/mol. The van der Waals surface area contributed by atoms with E-state index in [2.05, 4.69) is 19.2 Å². The highest BCUT2D eigenvalue weighted by molar-refractivity contribution is 5.79. The molecule has 0 heterocycles. The van der Waals surface area contributed by atoms with Crippen LogP contribution in [0.2, 0.25) is 0 Å². The van der Waals surface area contributed by atoms with E-state index < -0.39 is 5.97 Å². The van der Waals surface area contributed by atoms with Gasteiger partial charge in [0.25, 0.3) is 0 Å². The van der Waals surface area contributed by atoms with Gasteiger partial charge >= 0.3 is 5.97 Å². The van der Waals surface area contributed by atoms with E-state index in [-0.39, 0.29) is 25.0 Å². The van der Waals surface area contributed by atoms with E-state index >= 15 is 0 Å². The lowest BCUT2D eigenvalue weighted by Crippen LogP contribution is -2.44. The van der Waals surface area contributed by atoms with Crippen molar-refractivity contribution in [3.05, 3.63) is 0 Å². The molecule has 124 valence electrons. The van der Waals surface area contributed by atoms with Crippen molar-refractivity contribution in [3.8, 4) is 0 Å². The predicted molar refractivity (Wildman–Crippen MR) is 84.3 cm³/mol. The van der Waals surface area contributed by atoms with Gasteiger partial charge in [0.15, 0.2) is 0 Å². The van der Waals surface area contributed by atoms with Crippen LogP contribution >= 0.6 is 0 Å². The van der Waals surface area contributed by atoms with Crippen molar-refractivity contribution in [2.24, 2.45) is 5.92 Å². The zero-order valence-electron chi connectivity index (χ0n) is 14.1. The Morgan fingerprint density at radius 2 is 1.67 bits per heavy atom. The third-order valence-corrected chi connectivity index (χ3v) is 3.17. The van der Waals surface area contributed by atoms with E-state index in [1.54, 1.807) is 4.90 Å². The first kappa shape index (κ1) is 19.9. The maximum absolute atomic E-state index is 12.0. The third kappa shape index (κ3) is 12.3. The Morgan fingerprint density at radius 3 is 2.14 bits per heavy atom. The van der Waals surface area contributed by atoms with Crippen molar-refractivity contribution in [1.29, 1.82) is 0 Å². The zero-order chi connectivity index (χ0) is 16.4. The number of hydrogen-bond donors (Lipinski definition) is 2. The van der Waals surface area contributed by atoms with Gasteiger partial charge in [-0.05, 0) is 39.8 Å². The molecule has 2 N–H and O–H groups in total. The average molecular weight is 301 g/mol. The first-order valence-corrected chi connectivity index (χ1v) is 7.59. The van der Waals surface area contributed by atoms with Gasteiger partial charge in [0.1, 0.15) is 0 Å². The molecule has 0 aliphatic rings. The number of carboxylic acid groups (broad SMARTS) is 1. The maximum atomic E-state index is 12.0. The summed E-state index contributed by atoms with van der Waals surface area (Å²) in [5.41, 5.74) is 0. The highest BCUT2D eigenvalue weighted by Gasteiger charge is 2.15. The second-order valence-corrected chi connectivity index (χ2v) is 6.35. The van der Waals surface area contributed by atoms with E-state index in [9.17, 15) is 9.59 Å². The van der Waals surface area contributed by atoms with E-state index in [0.29, 0.717) is 12.5 Å². The Balaban J connectivity index is 4.21. The van der Waals surface area contributed by atoms with E-state index in [0.717, 1.165) is 19.4 Å². The third-order valence-electron chi connectivity index (χ3n) is 3.17. The summed E-state index contributed by atoms with van der Waals surface area (Å²) < 4.78 is 0. The highest BCUT2D eigenvalue weighted by Crippen LogP contribution is 2.06. The van der Waals surface area contributed by atoms with Crippen LogP contribution in [-0.2, 0) is 9.59 Å². The van der Waals surface area contributed by atoms with E-state index in [4.69, 9.17) is 5.11 Å². The summed E-state index contributed by atoms with van der Waals surface area (Å²) in [6.45, 7) is 7.61. The van der Waals surface area contributed by atoms with Gasteiger partial charge in [0.2, 0.25) is 5.91 Å². The molecule has 0 spiro atoms. The number of carboxylic acids is 1. The van der Waals surface area contributed by atoms with Crippen LogP contribution in [0.1, 0.15) is 33.6 Å². The van der Waals surface area contributed by atoms with E-state index in [1.165, 1.54) is 0 Å². The summed E-state index contributed by atoms with van der Waals surface area (Å²) in [6.07, 6.45) is 2.01. The summed E-state index contributed by atoms with van der Waals surface area (Å²) in [4.78, 5) is 26.5. The number of amides is 1. The molecule has 0 saturated heterocycles. The Hall–Kier alpha value is -1.14. The normalized spacial score (nSPS) is 13.0. The molecule has 6 nitrogen and oxygen atoms in total. The molecule has 0 saturated carbocycles. The van der Waals surface area contributed by atoms with Gasteiger partial charge in [-0.1, -0.05) is 13.8 Å². The summed E-state index contributed by atoms with van der Waals surface area (Å²) in [7, 11) is 3.85. The second kappa shape index (κ2) is 10.6. The molecule has 1 atom stereocenters. The molecule has 0 bridgehead atoms. The summed E-state index contributed by atoms with van der Waals surface area (Å²) in [5.74, 6) is -0.395. The van der Waals surface area contributed by atoms with Gasteiger partial charge in [-0.3, -0.25) is 14.5 Å². The second-order valence-electron chi connectivity index (χ2n) is 6.35. The lowest BCUT2D eigenvalue weighted by atomic mass is 10.0. The molecule has 1 amide bonds. The van der Waals surface area contributed by atoms with Gasteiger partial charge in [-0.15, -0.1) is 0 Å². The van der Waals surface area contributed by atoms with Crippen molar-refractivity contribution in [2.45, 2.75) is 39.7 Å². The fourth-order valence-electron chi connectivity index (χ4n) is 1.93. The first-order chi connectivity index (χ1) is 9.70. The average Bonchev–Trinajstić information content (AvgIpc) is 2.32. The Kier molecular flexibility index (Phi) is 9.99. The summed E-state index contributed by atoms with van der Waals surface area (Å²) in [5, 5.41) is 11.8. The Bertz CT molecular complexity index is 319. The molecule has 0 radical (unpaired) electrons. The molecule has 0 rings (SSSR count). The molecule has 0 aliphatic carbocycles. The van der Waals surface area contributed by atoms with Crippen molar-refractivity contribution < 1.29 is 14.7 Å². The van der Waals surface area contributed by atoms with Crippen molar-refractivity contribution in [2.75, 3.05) is 40.3 Å². The number of rotatable bonds is 11. The predicted octanol–water partition coefficient (Wildman–Crippen LogP) is 0.876. The molecular formula is C15H31N3O3. The maximum Gasteiger partial charge on any atom is 0.317 e. The minimum absolute atomic E-state index is 0.105. The minimum Gasteiger partial charge on any atom is -0.480 e. The first-order valence-electron chi connectivity index (χ1n) is 7.59. The number of hydrogen-bond acceptors (Lipinski definition) is 4. The van der Waals surface area contributed by atoms with Crippen molar-refractivity contribution in [3.63, 3.8) is 0 Å². The minimum atomic E-state index is -0.908. The Morgan fingerprint density at radius 1 is 1.05 bits per heavy atom. The standard InChI is InChI=1S/C15H31N3O3/c1-12(2)6-7-13(3)16-14(19)10-18(11-15(20)21)9-8-17(4)5/h12-13H,6-11H2,1-5H3,(H,16,19)(H,20,21). The molecule has 0 fully saturated rings. The number of likely N-dealkylation sites (N-methyl/N-ethyl adjacent to an activating group) is 1. The zero-order valence-corrected chi connectivity index (χ0v) is 14.1. The van der Waals surface area contributed by atoms with Crippen molar-refractivity contribution >= 4 is 11.9 Å². The molecule has 0 aromatic heterocycles. The molecule has 0 aliphatic heterocycles. The topological polar surface area (TPSA) is 72.9 Å². The lowest BCUT2D eigenvalue weighted by molar-refractivity contribution is -0.138. The number of nitrogens with zero attached hydrogens (tertiary/aromatic N) is 2. The molecule has 6 heteroatoms. The lowest BCUT2D eigenvalue weighted by Gasteiger charge is -2.23. The van der Waals surface area contributed by atoms with Crippen LogP contribution in [0.5, 0.6) is 0 Å².